The van der Waals surface area contributed by atoms with Gasteiger partial charge in [-0.15, -0.1) is 23.1 Å². The molecule has 0 radical (unpaired) electrons. The molecule has 0 bridgehead atoms. The molecule has 4 nitrogen and oxygen atoms in total. The lowest BCUT2D eigenvalue weighted by Gasteiger charge is -2.33. The molecule has 0 atom stereocenters. The van der Waals surface area contributed by atoms with Crippen LogP contribution >= 0.6 is 23.1 Å². The highest BCUT2D eigenvalue weighted by Crippen LogP contribution is 2.44. The van der Waals surface area contributed by atoms with E-state index in [2.05, 4.69) is 4.90 Å². The smallest absolute Gasteiger partial charge is 0.171 e. The van der Waals surface area contributed by atoms with Gasteiger partial charge in [0.1, 0.15) is 5.00 Å². The third-order valence-corrected chi connectivity index (χ3v) is 5.86. The summed E-state index contributed by atoms with van der Waals surface area (Å²) < 4.78 is 5.68. The van der Waals surface area contributed by atoms with Gasteiger partial charge in [-0.25, -0.2) is 0 Å². The molecular weight excluding hydrogens is 292 g/mol. The first-order chi connectivity index (χ1) is 9.58. The third-order valence-electron chi connectivity index (χ3n) is 3.54. The molecule has 1 aliphatic rings. The first kappa shape index (κ1) is 15.7. The Morgan fingerprint density at radius 1 is 1.50 bits per heavy atom. The molecule has 0 amide bonds. The van der Waals surface area contributed by atoms with Crippen LogP contribution in [-0.4, -0.2) is 37.8 Å². The lowest BCUT2D eigenvalue weighted by molar-refractivity contribution is 0.0459. The number of ether oxygens (including phenoxy) is 1. The molecule has 20 heavy (non-hydrogen) atoms. The van der Waals surface area contributed by atoms with E-state index in [1.807, 2.05) is 13.2 Å². The quantitative estimate of drug-likeness (QED) is 0.668. The Balaban J connectivity index is 2.17. The number of thiophene rings is 1. The van der Waals surface area contributed by atoms with Crippen molar-refractivity contribution in [1.29, 1.82) is 0 Å². The number of thioether (sulfide) groups is 1. The zero-order valence-corrected chi connectivity index (χ0v) is 13.9. The van der Waals surface area contributed by atoms with Crippen molar-refractivity contribution in [1.82, 2.24) is 0 Å². The van der Waals surface area contributed by atoms with Crippen molar-refractivity contribution in [2.24, 2.45) is 0 Å². The summed E-state index contributed by atoms with van der Waals surface area (Å²) in [6, 6.07) is 0. The van der Waals surface area contributed by atoms with Gasteiger partial charge < -0.3 is 15.4 Å². The predicted molar refractivity (Wildman–Crippen MR) is 87.4 cm³/mol. The molecule has 1 fully saturated rings. The van der Waals surface area contributed by atoms with Crippen LogP contribution < -0.4 is 10.6 Å². The van der Waals surface area contributed by atoms with Crippen LogP contribution in [-0.2, 0) is 4.74 Å². The summed E-state index contributed by atoms with van der Waals surface area (Å²) in [5, 5.41) is 1.15. The maximum absolute atomic E-state index is 11.7. The molecule has 2 N–H and O–H groups in total. The Morgan fingerprint density at radius 2 is 2.15 bits per heavy atom. The molecule has 0 aromatic carbocycles. The zero-order valence-electron chi connectivity index (χ0n) is 12.3. The van der Waals surface area contributed by atoms with Gasteiger partial charge in [0, 0.05) is 26.6 Å². The molecule has 2 rings (SSSR count). The van der Waals surface area contributed by atoms with Crippen molar-refractivity contribution in [2.75, 3.05) is 36.6 Å². The third kappa shape index (κ3) is 3.13. The number of rotatable bonds is 5. The molecule has 1 saturated heterocycles. The van der Waals surface area contributed by atoms with E-state index < -0.39 is 0 Å². The Kier molecular flexibility index (Phi) is 5.35. The fourth-order valence-electron chi connectivity index (χ4n) is 2.54. The van der Waals surface area contributed by atoms with Crippen LogP contribution in [0.5, 0.6) is 0 Å². The van der Waals surface area contributed by atoms with Gasteiger partial charge in [0.2, 0.25) is 0 Å². The number of anilines is 2. The van der Waals surface area contributed by atoms with E-state index in [4.69, 9.17) is 10.5 Å². The number of hydrogen-bond donors (Lipinski definition) is 1. The lowest BCUT2D eigenvalue weighted by atomic mass is 10.1. The van der Waals surface area contributed by atoms with Crippen molar-refractivity contribution in [3.63, 3.8) is 0 Å². The highest BCUT2D eigenvalue weighted by molar-refractivity contribution is 7.99. The fraction of sp³-hybridized carbons (Fsp3) is 0.643. The second-order valence-electron chi connectivity index (χ2n) is 4.88. The monoisotopic (exact) mass is 314 g/mol. The van der Waals surface area contributed by atoms with Crippen molar-refractivity contribution >= 4 is 39.6 Å². The van der Waals surface area contributed by atoms with Crippen LogP contribution in [0.1, 0.15) is 36.4 Å². The average molecular weight is 314 g/mol. The lowest BCUT2D eigenvalue weighted by Crippen LogP contribution is -2.36. The van der Waals surface area contributed by atoms with Gasteiger partial charge in [-0.2, -0.15) is 0 Å². The van der Waals surface area contributed by atoms with Crippen molar-refractivity contribution in [3.8, 4) is 0 Å². The second kappa shape index (κ2) is 6.83. The number of carbonyl (C=O) groups is 1. The van der Waals surface area contributed by atoms with Gasteiger partial charge in [-0.3, -0.25) is 4.79 Å². The van der Waals surface area contributed by atoms with E-state index in [0.717, 1.165) is 42.4 Å². The molecule has 1 aromatic rings. The first-order valence-corrected chi connectivity index (χ1v) is 8.96. The molecular formula is C14H22N2O2S2. The van der Waals surface area contributed by atoms with Crippen LogP contribution in [0.2, 0.25) is 0 Å². The maximum Gasteiger partial charge on any atom is 0.171 e. The summed E-state index contributed by atoms with van der Waals surface area (Å²) in [4.78, 5) is 15.7. The maximum atomic E-state index is 11.7. The summed E-state index contributed by atoms with van der Waals surface area (Å²) in [7, 11) is 0. The molecule has 6 heteroatoms. The molecule has 1 aromatic heterocycles. The highest BCUT2D eigenvalue weighted by Gasteiger charge is 2.26. The van der Waals surface area contributed by atoms with Crippen LogP contribution in [0.15, 0.2) is 4.90 Å². The van der Waals surface area contributed by atoms with Gasteiger partial charge in [0.05, 0.1) is 21.6 Å². The zero-order chi connectivity index (χ0) is 14.7. The minimum absolute atomic E-state index is 0.0539. The molecule has 1 aliphatic heterocycles. The molecule has 112 valence electrons. The van der Waals surface area contributed by atoms with E-state index >= 15 is 0 Å². The first-order valence-electron chi connectivity index (χ1n) is 6.92. The number of nitrogens with zero attached hydrogens (tertiary/aromatic N) is 1. The van der Waals surface area contributed by atoms with Gasteiger partial charge in [-0.05, 0) is 26.0 Å². The standard InChI is InChI=1S/C14H22N2O2S2/c1-4-18-10-5-7-16(8-6-10)14-13(19-3)11(15)12(20-14)9(2)17/h10H,4-8,15H2,1-3H3. The van der Waals surface area contributed by atoms with Crippen molar-refractivity contribution < 1.29 is 9.53 Å². The van der Waals surface area contributed by atoms with Gasteiger partial charge in [-0.1, -0.05) is 0 Å². The number of carbonyl (C=O) groups excluding carboxylic acids is 1. The highest BCUT2D eigenvalue weighted by atomic mass is 32.2. The van der Waals surface area contributed by atoms with Crippen molar-refractivity contribution in [3.05, 3.63) is 4.88 Å². The SMILES string of the molecule is CCOC1CCN(c2sc(C(C)=O)c(N)c2SC)CC1. The van der Waals surface area contributed by atoms with E-state index in [0.29, 0.717) is 16.7 Å². The number of hydrogen-bond acceptors (Lipinski definition) is 6. The number of piperidine rings is 1. The summed E-state index contributed by atoms with van der Waals surface area (Å²) in [5.74, 6) is 0.0539. The van der Waals surface area contributed by atoms with Gasteiger partial charge in [0.15, 0.2) is 5.78 Å². The Hall–Kier alpha value is -0.720. The summed E-state index contributed by atoms with van der Waals surface area (Å²) in [6.07, 6.45) is 4.46. The van der Waals surface area contributed by atoms with Crippen LogP contribution in [0.25, 0.3) is 0 Å². The van der Waals surface area contributed by atoms with Crippen LogP contribution in [0.3, 0.4) is 0 Å². The molecule has 0 saturated carbocycles. The Bertz CT molecular complexity index is 480. The Labute approximate surface area is 128 Å². The predicted octanol–water partition coefficient (Wildman–Crippen LogP) is 3.26. The van der Waals surface area contributed by atoms with E-state index in [1.54, 1.807) is 18.7 Å². The Morgan fingerprint density at radius 3 is 2.65 bits per heavy atom. The summed E-state index contributed by atoms with van der Waals surface area (Å²) in [5.41, 5.74) is 6.76. The van der Waals surface area contributed by atoms with Gasteiger partial charge >= 0.3 is 0 Å². The number of nitrogen functional groups attached to an aromatic ring is 1. The summed E-state index contributed by atoms with van der Waals surface area (Å²) >= 11 is 3.15. The van der Waals surface area contributed by atoms with Crippen LogP contribution in [0, 0.1) is 0 Å². The second-order valence-corrected chi connectivity index (χ2v) is 6.70. The van der Waals surface area contributed by atoms with Crippen molar-refractivity contribution in [2.45, 2.75) is 37.7 Å². The van der Waals surface area contributed by atoms with E-state index in [9.17, 15) is 4.79 Å². The normalized spacial score (nSPS) is 16.6. The minimum Gasteiger partial charge on any atom is -0.396 e. The largest absolute Gasteiger partial charge is 0.396 e. The number of Topliss-reactive ketones (excluding diaryl/α,β-unsaturated/α-hetero) is 1. The topological polar surface area (TPSA) is 55.6 Å². The number of ketones is 1. The number of nitrogens with two attached hydrogens (primary N) is 1. The van der Waals surface area contributed by atoms with E-state index in [1.165, 1.54) is 11.3 Å². The molecule has 2 heterocycles. The molecule has 0 aliphatic carbocycles. The summed E-state index contributed by atoms with van der Waals surface area (Å²) in [6.45, 7) is 6.33. The average Bonchev–Trinajstić information content (AvgIpc) is 2.77. The fourth-order valence-corrected chi connectivity index (χ4v) is 4.67. The van der Waals surface area contributed by atoms with E-state index in [-0.39, 0.29) is 5.78 Å². The minimum atomic E-state index is 0.0539. The van der Waals surface area contributed by atoms with Gasteiger partial charge in [0.25, 0.3) is 0 Å². The molecule has 0 unspecified atom stereocenters. The van der Waals surface area contributed by atoms with Crippen LogP contribution in [0.4, 0.5) is 10.7 Å². The molecule has 0 spiro atoms.